The first-order chi connectivity index (χ1) is 11.4. The van der Waals surface area contributed by atoms with Gasteiger partial charge in [0.15, 0.2) is 0 Å². The number of rotatable bonds is 6. The Morgan fingerprint density at radius 1 is 1.42 bits per heavy atom. The Labute approximate surface area is 144 Å². The van der Waals surface area contributed by atoms with E-state index in [9.17, 15) is 14.7 Å². The average molecular weight is 350 g/mol. The zero-order valence-corrected chi connectivity index (χ0v) is 14.7. The van der Waals surface area contributed by atoms with Gasteiger partial charge in [0.2, 0.25) is 5.91 Å². The first kappa shape index (κ1) is 16.9. The maximum atomic E-state index is 12.0. The summed E-state index contributed by atoms with van der Waals surface area (Å²) < 4.78 is 1.73. The number of hydrogen-bond donors (Lipinski definition) is 3. The number of aromatic nitrogens is 2. The number of fused-ring (bicyclic) bond motifs is 1. The number of carbonyl (C=O) groups excluding carboxylic acids is 2. The van der Waals surface area contributed by atoms with Crippen LogP contribution in [-0.2, 0) is 18.4 Å². The molecule has 0 spiro atoms. The van der Waals surface area contributed by atoms with Gasteiger partial charge in [0, 0.05) is 19.0 Å². The van der Waals surface area contributed by atoms with Crippen molar-refractivity contribution in [2.75, 3.05) is 6.54 Å². The molecule has 0 atom stereocenters. The fourth-order valence-corrected chi connectivity index (χ4v) is 3.91. The van der Waals surface area contributed by atoms with Gasteiger partial charge in [0.05, 0.1) is 29.1 Å². The van der Waals surface area contributed by atoms with E-state index in [2.05, 4.69) is 15.7 Å². The van der Waals surface area contributed by atoms with Crippen molar-refractivity contribution in [3.8, 4) is 0 Å². The lowest BCUT2D eigenvalue weighted by molar-refractivity contribution is -0.130. The van der Waals surface area contributed by atoms with E-state index >= 15 is 0 Å². The molecule has 0 radical (unpaired) electrons. The van der Waals surface area contributed by atoms with Gasteiger partial charge in [-0.25, -0.2) is 0 Å². The van der Waals surface area contributed by atoms with Gasteiger partial charge in [-0.2, -0.15) is 5.10 Å². The highest BCUT2D eigenvalue weighted by atomic mass is 32.1. The summed E-state index contributed by atoms with van der Waals surface area (Å²) in [6.45, 7) is 2.75. The molecule has 7 nitrogen and oxygen atoms in total. The van der Waals surface area contributed by atoms with Gasteiger partial charge in [-0.15, -0.1) is 11.3 Å². The Kier molecular flexibility index (Phi) is 4.60. The Hall–Kier alpha value is -1.93. The monoisotopic (exact) mass is 350 g/mol. The first-order valence-corrected chi connectivity index (χ1v) is 8.96. The van der Waals surface area contributed by atoms with E-state index < -0.39 is 5.60 Å². The third-order valence-corrected chi connectivity index (χ3v) is 5.58. The zero-order valence-electron chi connectivity index (χ0n) is 13.9. The summed E-state index contributed by atoms with van der Waals surface area (Å²) in [6, 6.07) is 1.82. The molecular weight excluding hydrogens is 328 g/mol. The van der Waals surface area contributed by atoms with Gasteiger partial charge in [0.25, 0.3) is 5.91 Å². The third kappa shape index (κ3) is 3.29. The largest absolute Gasteiger partial charge is 0.389 e. The van der Waals surface area contributed by atoms with Gasteiger partial charge >= 0.3 is 0 Å². The summed E-state index contributed by atoms with van der Waals surface area (Å²) in [5, 5.41) is 20.9. The lowest BCUT2D eigenvalue weighted by Gasteiger charge is -2.35. The van der Waals surface area contributed by atoms with Crippen molar-refractivity contribution in [2.45, 2.75) is 44.8 Å². The van der Waals surface area contributed by atoms with Crippen molar-refractivity contribution in [1.82, 2.24) is 20.4 Å². The molecule has 2 amide bonds. The minimum absolute atomic E-state index is 0.0964. The molecule has 3 rings (SSSR count). The van der Waals surface area contributed by atoms with E-state index in [4.69, 9.17) is 0 Å². The number of hydrogen-bond acceptors (Lipinski definition) is 5. The minimum atomic E-state index is -0.822. The molecule has 1 saturated carbocycles. The van der Waals surface area contributed by atoms with E-state index in [0.29, 0.717) is 24.3 Å². The van der Waals surface area contributed by atoms with Crippen molar-refractivity contribution >= 4 is 33.4 Å². The van der Waals surface area contributed by atoms with Crippen molar-refractivity contribution in [1.29, 1.82) is 0 Å². The third-order valence-electron chi connectivity index (χ3n) is 4.38. The zero-order chi connectivity index (χ0) is 17.3. The van der Waals surface area contributed by atoms with Gasteiger partial charge in [-0.1, -0.05) is 0 Å². The maximum absolute atomic E-state index is 12.0. The molecule has 0 aromatic carbocycles. The van der Waals surface area contributed by atoms with Crippen LogP contribution in [0, 0.1) is 0 Å². The van der Waals surface area contributed by atoms with Crippen LogP contribution in [0.3, 0.4) is 0 Å². The molecule has 2 heterocycles. The average Bonchev–Trinajstić information content (AvgIpc) is 3.05. The number of thiophene rings is 1. The van der Waals surface area contributed by atoms with Crippen molar-refractivity contribution < 1.29 is 14.7 Å². The van der Waals surface area contributed by atoms with E-state index in [-0.39, 0.29) is 24.8 Å². The Morgan fingerprint density at radius 3 is 2.79 bits per heavy atom. The molecule has 24 heavy (non-hydrogen) atoms. The lowest BCUT2D eigenvalue weighted by Crippen LogP contribution is -2.42. The van der Waals surface area contributed by atoms with Gasteiger partial charge < -0.3 is 15.7 Å². The topological polar surface area (TPSA) is 96.2 Å². The Morgan fingerprint density at radius 2 is 2.17 bits per heavy atom. The van der Waals surface area contributed by atoms with Crippen molar-refractivity contribution in [3.63, 3.8) is 0 Å². The van der Waals surface area contributed by atoms with Crippen LogP contribution in [0.5, 0.6) is 0 Å². The Bertz CT molecular complexity index is 776. The fraction of sp³-hybridized carbons (Fsp3) is 0.562. The summed E-state index contributed by atoms with van der Waals surface area (Å²) in [4.78, 5) is 25.5. The smallest absolute Gasteiger partial charge is 0.261 e. The predicted molar refractivity (Wildman–Crippen MR) is 91.9 cm³/mol. The normalized spacial score (nSPS) is 16.0. The highest BCUT2D eigenvalue weighted by Crippen LogP contribution is 2.34. The number of amides is 2. The van der Waals surface area contributed by atoms with E-state index in [0.717, 1.165) is 22.3 Å². The summed E-state index contributed by atoms with van der Waals surface area (Å²) >= 11 is 1.39. The minimum Gasteiger partial charge on any atom is -0.389 e. The Balaban J connectivity index is 1.70. The van der Waals surface area contributed by atoms with Crippen LogP contribution < -0.4 is 10.6 Å². The molecular formula is C16H22N4O3S. The maximum Gasteiger partial charge on any atom is 0.261 e. The molecule has 1 aliphatic rings. The molecule has 0 unspecified atom stereocenters. The standard InChI is InChI=1S/C16H22N4O3S/c1-3-17-14(22)12-7-10-11(19-20(2)15(10)24-12)9-18-13(21)8-16(23)5-4-6-16/h7,23H,3-6,8-9H2,1-2H3,(H,17,22)(H,18,21). The highest BCUT2D eigenvalue weighted by molar-refractivity contribution is 7.20. The number of aryl methyl sites for hydroxylation is 1. The van der Waals surface area contributed by atoms with E-state index in [1.54, 1.807) is 4.68 Å². The van der Waals surface area contributed by atoms with E-state index in [1.807, 2.05) is 20.0 Å². The van der Waals surface area contributed by atoms with Crippen LogP contribution in [0.25, 0.3) is 10.2 Å². The second-order valence-corrected chi connectivity index (χ2v) is 7.32. The molecule has 8 heteroatoms. The lowest BCUT2D eigenvalue weighted by atomic mass is 9.78. The number of aliphatic hydroxyl groups is 1. The van der Waals surface area contributed by atoms with Crippen LogP contribution in [0.4, 0.5) is 0 Å². The number of carbonyl (C=O) groups is 2. The summed E-state index contributed by atoms with van der Waals surface area (Å²) in [6.07, 6.45) is 2.49. The van der Waals surface area contributed by atoms with Crippen LogP contribution >= 0.6 is 11.3 Å². The molecule has 0 bridgehead atoms. The number of nitrogens with zero attached hydrogens (tertiary/aromatic N) is 2. The van der Waals surface area contributed by atoms with Gasteiger partial charge in [-0.05, 0) is 32.3 Å². The van der Waals surface area contributed by atoms with Crippen LogP contribution in [0.15, 0.2) is 6.07 Å². The molecule has 1 fully saturated rings. The SMILES string of the molecule is CCNC(=O)c1cc2c(CNC(=O)CC3(O)CCC3)nn(C)c2s1. The summed E-state index contributed by atoms with van der Waals surface area (Å²) in [7, 11) is 1.82. The summed E-state index contributed by atoms with van der Waals surface area (Å²) in [5.74, 6) is -0.268. The molecule has 3 N–H and O–H groups in total. The second kappa shape index (κ2) is 6.52. The first-order valence-electron chi connectivity index (χ1n) is 8.14. The van der Waals surface area contributed by atoms with Gasteiger partial charge in [0.1, 0.15) is 4.83 Å². The molecule has 2 aromatic rings. The van der Waals surface area contributed by atoms with Crippen LogP contribution in [0.1, 0.15) is 48.0 Å². The second-order valence-electron chi connectivity index (χ2n) is 6.29. The molecule has 0 aliphatic heterocycles. The molecule has 0 saturated heterocycles. The van der Waals surface area contributed by atoms with Crippen molar-refractivity contribution in [3.05, 3.63) is 16.6 Å². The predicted octanol–water partition coefficient (Wildman–Crippen LogP) is 1.31. The summed E-state index contributed by atoms with van der Waals surface area (Å²) in [5.41, 5.74) is -0.0923. The molecule has 130 valence electrons. The fourth-order valence-electron chi connectivity index (χ4n) is 2.90. The molecule has 2 aromatic heterocycles. The van der Waals surface area contributed by atoms with Crippen molar-refractivity contribution in [2.24, 2.45) is 7.05 Å². The van der Waals surface area contributed by atoms with Crippen LogP contribution in [-0.4, -0.2) is 38.8 Å². The van der Waals surface area contributed by atoms with Gasteiger partial charge in [-0.3, -0.25) is 14.3 Å². The quantitative estimate of drug-likeness (QED) is 0.732. The molecule has 1 aliphatic carbocycles. The highest BCUT2D eigenvalue weighted by Gasteiger charge is 2.36. The number of nitrogens with one attached hydrogen (secondary N) is 2. The van der Waals surface area contributed by atoms with Crippen LogP contribution in [0.2, 0.25) is 0 Å². The van der Waals surface area contributed by atoms with E-state index in [1.165, 1.54) is 11.3 Å².